The highest BCUT2D eigenvalue weighted by Gasteiger charge is 2.41. The van der Waals surface area contributed by atoms with E-state index in [0.717, 1.165) is 30.2 Å². The third kappa shape index (κ3) is 2.88. The van der Waals surface area contributed by atoms with E-state index < -0.39 is 11.4 Å². The lowest BCUT2D eigenvalue weighted by Crippen LogP contribution is -2.39. The molecule has 3 rings (SSSR count). The molecule has 1 fully saturated rings. The number of rotatable bonds is 3. The number of amides is 1. The first-order valence-corrected chi connectivity index (χ1v) is 7.85. The van der Waals surface area contributed by atoms with Crippen LogP contribution in [0, 0.1) is 5.82 Å². The first kappa shape index (κ1) is 14.7. The van der Waals surface area contributed by atoms with Gasteiger partial charge in [-0.05, 0) is 37.5 Å². The van der Waals surface area contributed by atoms with Crippen LogP contribution >= 0.6 is 23.4 Å². The van der Waals surface area contributed by atoms with Crippen molar-refractivity contribution in [2.24, 2.45) is 0 Å². The summed E-state index contributed by atoms with van der Waals surface area (Å²) in [6.45, 7) is 0. The Morgan fingerprint density at radius 3 is 2.90 bits per heavy atom. The second kappa shape index (κ2) is 5.51. The number of hydrogen-bond donors (Lipinski definition) is 3. The van der Waals surface area contributed by atoms with E-state index in [1.54, 1.807) is 6.20 Å². The molecular formula is C14H14ClFN2O2S. The average Bonchev–Trinajstić information content (AvgIpc) is 2.88. The van der Waals surface area contributed by atoms with Crippen LogP contribution in [0.25, 0.3) is 0 Å². The van der Waals surface area contributed by atoms with E-state index in [-0.39, 0.29) is 16.4 Å². The largest absolute Gasteiger partial charge is 0.385 e. The van der Waals surface area contributed by atoms with Crippen molar-refractivity contribution < 1.29 is 14.3 Å². The Morgan fingerprint density at radius 1 is 1.52 bits per heavy atom. The van der Waals surface area contributed by atoms with Crippen molar-refractivity contribution in [1.82, 2.24) is 10.6 Å². The summed E-state index contributed by atoms with van der Waals surface area (Å²) in [5.41, 5.74) is -0.795. The first-order valence-electron chi connectivity index (χ1n) is 6.60. The van der Waals surface area contributed by atoms with Crippen LogP contribution in [0.3, 0.4) is 0 Å². The maximum Gasteiger partial charge on any atom is 0.253 e. The van der Waals surface area contributed by atoms with Gasteiger partial charge >= 0.3 is 0 Å². The molecule has 1 aliphatic heterocycles. The molecule has 0 radical (unpaired) electrons. The fourth-order valence-electron chi connectivity index (χ4n) is 2.26. The summed E-state index contributed by atoms with van der Waals surface area (Å²) >= 11 is 7.05. The first-order chi connectivity index (χ1) is 9.98. The van der Waals surface area contributed by atoms with Gasteiger partial charge in [0.05, 0.1) is 10.6 Å². The number of carbonyl (C=O) groups excluding carboxylic acids is 1. The Labute approximate surface area is 130 Å². The summed E-state index contributed by atoms with van der Waals surface area (Å²) in [7, 11) is 0. The number of halogens is 2. The van der Waals surface area contributed by atoms with Crippen molar-refractivity contribution in [2.75, 3.05) is 0 Å². The lowest BCUT2D eigenvalue weighted by atomic mass is 9.80. The van der Waals surface area contributed by atoms with E-state index in [1.165, 1.54) is 23.9 Å². The van der Waals surface area contributed by atoms with Crippen molar-refractivity contribution in [3.63, 3.8) is 0 Å². The summed E-state index contributed by atoms with van der Waals surface area (Å²) in [5, 5.41) is 15.9. The van der Waals surface area contributed by atoms with Gasteiger partial charge in [-0.15, -0.1) is 0 Å². The third-order valence-corrected chi connectivity index (χ3v) is 5.22. The molecule has 21 heavy (non-hydrogen) atoms. The molecule has 112 valence electrons. The Hall–Kier alpha value is -1.24. The molecule has 1 atom stereocenters. The summed E-state index contributed by atoms with van der Waals surface area (Å²) in [4.78, 5) is 12.9. The average molecular weight is 329 g/mol. The Kier molecular flexibility index (Phi) is 3.86. The fourth-order valence-corrected chi connectivity index (χ4v) is 3.56. The van der Waals surface area contributed by atoms with Crippen LogP contribution in [0.5, 0.6) is 0 Å². The number of nitrogens with one attached hydrogen (secondary N) is 2. The molecule has 4 nitrogen and oxygen atoms in total. The number of hydrogen-bond acceptors (Lipinski definition) is 4. The van der Waals surface area contributed by atoms with Crippen molar-refractivity contribution in [3.05, 3.63) is 45.7 Å². The zero-order chi connectivity index (χ0) is 15.0. The summed E-state index contributed by atoms with van der Waals surface area (Å²) < 4.78 is 13.1. The van der Waals surface area contributed by atoms with Gasteiger partial charge in [0.2, 0.25) is 0 Å². The van der Waals surface area contributed by atoms with Crippen molar-refractivity contribution in [2.45, 2.75) is 30.4 Å². The van der Waals surface area contributed by atoms with Gasteiger partial charge in [-0.25, -0.2) is 4.39 Å². The van der Waals surface area contributed by atoms with Crippen molar-refractivity contribution in [3.8, 4) is 0 Å². The molecule has 0 bridgehead atoms. The minimum atomic E-state index is -0.740. The van der Waals surface area contributed by atoms with Gasteiger partial charge in [-0.1, -0.05) is 23.4 Å². The molecule has 1 amide bonds. The van der Waals surface area contributed by atoms with E-state index in [4.69, 9.17) is 11.6 Å². The molecular weight excluding hydrogens is 315 g/mol. The van der Waals surface area contributed by atoms with Crippen LogP contribution < -0.4 is 10.6 Å². The molecule has 7 heteroatoms. The Balaban J connectivity index is 1.60. The second-order valence-electron chi connectivity index (χ2n) is 5.16. The number of benzene rings is 1. The molecule has 0 aromatic heterocycles. The minimum Gasteiger partial charge on any atom is -0.385 e. The lowest BCUT2D eigenvalue weighted by molar-refractivity contribution is 0.0105. The molecule has 1 aliphatic carbocycles. The zero-order valence-corrected chi connectivity index (χ0v) is 12.6. The van der Waals surface area contributed by atoms with Crippen molar-refractivity contribution >= 4 is 29.3 Å². The highest BCUT2D eigenvalue weighted by molar-refractivity contribution is 8.03. The maximum absolute atomic E-state index is 13.1. The van der Waals surface area contributed by atoms with Crippen LogP contribution in [0.1, 0.15) is 29.6 Å². The molecule has 1 unspecified atom stereocenters. The van der Waals surface area contributed by atoms with Gasteiger partial charge in [0, 0.05) is 16.7 Å². The normalized spacial score (nSPS) is 23.0. The Bertz CT molecular complexity index is 619. The van der Waals surface area contributed by atoms with Gasteiger partial charge in [-0.3, -0.25) is 4.79 Å². The molecule has 1 aromatic carbocycles. The predicted octanol–water partition coefficient (Wildman–Crippen LogP) is 2.59. The highest BCUT2D eigenvalue weighted by atomic mass is 35.5. The quantitative estimate of drug-likeness (QED) is 0.798. The van der Waals surface area contributed by atoms with E-state index in [9.17, 15) is 14.3 Å². The predicted molar refractivity (Wildman–Crippen MR) is 80.3 cm³/mol. The van der Waals surface area contributed by atoms with Gasteiger partial charge in [-0.2, -0.15) is 0 Å². The number of carbonyl (C=O) groups is 1. The Morgan fingerprint density at radius 2 is 2.29 bits per heavy atom. The van der Waals surface area contributed by atoms with Gasteiger partial charge in [0.25, 0.3) is 5.91 Å². The van der Waals surface area contributed by atoms with Gasteiger partial charge in [0.15, 0.2) is 5.50 Å². The smallest absolute Gasteiger partial charge is 0.253 e. The van der Waals surface area contributed by atoms with Crippen LogP contribution in [-0.2, 0) is 0 Å². The molecule has 1 aromatic rings. The van der Waals surface area contributed by atoms with Crippen LogP contribution in [-0.4, -0.2) is 22.1 Å². The van der Waals surface area contributed by atoms with Crippen molar-refractivity contribution in [1.29, 1.82) is 0 Å². The molecule has 1 heterocycles. The van der Waals surface area contributed by atoms with E-state index in [0.29, 0.717) is 5.56 Å². The van der Waals surface area contributed by atoms with Crippen LogP contribution in [0.15, 0.2) is 29.3 Å². The van der Waals surface area contributed by atoms with Gasteiger partial charge in [0.1, 0.15) is 5.82 Å². The molecule has 0 saturated heterocycles. The van der Waals surface area contributed by atoms with E-state index in [1.807, 2.05) is 0 Å². The lowest BCUT2D eigenvalue weighted by Gasteiger charge is -2.37. The summed E-state index contributed by atoms with van der Waals surface area (Å²) in [6.07, 6.45) is 4.26. The van der Waals surface area contributed by atoms with Crippen LogP contribution in [0.4, 0.5) is 4.39 Å². The fraction of sp³-hybridized carbons (Fsp3) is 0.357. The zero-order valence-electron chi connectivity index (χ0n) is 11.0. The highest BCUT2D eigenvalue weighted by Crippen LogP contribution is 2.45. The van der Waals surface area contributed by atoms with Crippen LogP contribution in [0.2, 0.25) is 5.02 Å². The SMILES string of the molecule is O=C(NC1NC=C(C2(O)CCC2)S1)c1ccc(F)c(Cl)c1. The molecule has 3 N–H and O–H groups in total. The molecule has 0 spiro atoms. The number of aliphatic hydroxyl groups is 1. The minimum absolute atomic E-state index is 0.0859. The standard InChI is InChI=1S/C14H14ClFN2O2S/c15-9-6-8(2-3-10(9)16)12(19)18-13-17-7-11(21-13)14(20)4-1-5-14/h2-3,6-7,13,17,20H,1,4-5H2,(H,18,19). The monoisotopic (exact) mass is 328 g/mol. The van der Waals surface area contributed by atoms with E-state index >= 15 is 0 Å². The second-order valence-corrected chi connectivity index (χ2v) is 6.71. The summed E-state index contributed by atoms with van der Waals surface area (Å²) in [5.74, 6) is -0.908. The molecule has 1 saturated carbocycles. The van der Waals surface area contributed by atoms with Gasteiger partial charge < -0.3 is 15.7 Å². The topological polar surface area (TPSA) is 61.4 Å². The van der Waals surface area contributed by atoms with E-state index in [2.05, 4.69) is 10.6 Å². The number of thioether (sulfide) groups is 1. The third-order valence-electron chi connectivity index (χ3n) is 3.69. The maximum atomic E-state index is 13.1. The summed E-state index contributed by atoms with van der Waals surface area (Å²) in [6, 6.07) is 3.83. The molecule has 2 aliphatic rings.